The van der Waals surface area contributed by atoms with Gasteiger partial charge in [0.15, 0.2) is 0 Å². The van der Waals surface area contributed by atoms with Crippen molar-refractivity contribution in [3.63, 3.8) is 0 Å². The van der Waals surface area contributed by atoms with Crippen LogP contribution in [0, 0.1) is 17.8 Å². The predicted molar refractivity (Wildman–Crippen MR) is 253 cm³/mol. The summed E-state index contributed by atoms with van der Waals surface area (Å²) in [6, 6.07) is 0.650. The number of methoxy groups -OCH3 is 1. The quantitative estimate of drug-likeness (QED) is 0.0343. The van der Waals surface area contributed by atoms with Crippen LogP contribution < -0.4 is 0 Å². The Balaban J connectivity index is 0. The van der Waals surface area contributed by atoms with Crippen molar-refractivity contribution in [1.29, 1.82) is 0 Å². The van der Waals surface area contributed by atoms with Gasteiger partial charge in [-0.15, -0.1) is 0 Å². The van der Waals surface area contributed by atoms with Crippen LogP contribution in [0.2, 0.25) is 0 Å². The molecular formula is C52H103NO6. The Kier molecular flexibility index (Phi) is 48.1. The van der Waals surface area contributed by atoms with Crippen LogP contribution in [0.15, 0.2) is 0 Å². The highest BCUT2D eigenvalue weighted by Crippen LogP contribution is 2.22. The van der Waals surface area contributed by atoms with Crippen molar-refractivity contribution in [2.24, 2.45) is 17.8 Å². The first-order valence-corrected chi connectivity index (χ1v) is 25.6. The summed E-state index contributed by atoms with van der Waals surface area (Å²) in [6.45, 7) is 16.4. The lowest BCUT2D eigenvalue weighted by Crippen LogP contribution is -2.27. The molecule has 0 aromatic rings. The number of hydrogen-bond acceptors (Lipinski definition) is 7. The molecule has 59 heavy (non-hydrogen) atoms. The van der Waals surface area contributed by atoms with Gasteiger partial charge in [0.05, 0.1) is 13.2 Å². The average Bonchev–Trinajstić information content (AvgIpc) is 3.23. The maximum atomic E-state index is 12.2. The lowest BCUT2D eigenvalue weighted by atomic mass is 9.93. The number of hydrogen-bond donors (Lipinski definition) is 0. The zero-order valence-electron chi connectivity index (χ0n) is 40.9. The van der Waals surface area contributed by atoms with Gasteiger partial charge in [-0.05, 0) is 90.5 Å². The molecule has 0 aliphatic rings. The standard InChI is InChI=1S/C44H84O5.C8H19NO/c1-5-9-29-40(30-10-6-2)37-43(46)48-35-27-23-19-15-13-17-21-25-33-42(39-45)34-26-22-18-14-16-20-24-28-36-49-44(47)38-41(31-11-7-3)32-12-8-4;1-8(2)9(3)6-5-7-10-4/h39-42H,5-38H2,1-4H3;8H,5-7H2,1-4H3. The molecule has 0 aliphatic heterocycles. The summed E-state index contributed by atoms with van der Waals surface area (Å²) in [5, 5.41) is 0. The summed E-state index contributed by atoms with van der Waals surface area (Å²) < 4.78 is 16.0. The van der Waals surface area contributed by atoms with Crippen LogP contribution >= 0.6 is 0 Å². The fourth-order valence-corrected chi connectivity index (χ4v) is 7.76. The zero-order chi connectivity index (χ0) is 44.0. The van der Waals surface area contributed by atoms with E-state index in [1.807, 2.05) is 0 Å². The molecule has 352 valence electrons. The molecule has 0 bridgehead atoms. The maximum Gasteiger partial charge on any atom is 0.306 e. The van der Waals surface area contributed by atoms with Gasteiger partial charge in [0.1, 0.15) is 6.29 Å². The third kappa shape index (κ3) is 44.4. The Hall–Kier alpha value is -1.47. The first kappa shape index (κ1) is 59.6. The summed E-state index contributed by atoms with van der Waals surface area (Å²) in [6.07, 6.45) is 39.0. The number of aldehydes is 1. The van der Waals surface area contributed by atoms with Gasteiger partial charge in [-0.1, -0.05) is 169 Å². The molecule has 0 heterocycles. The van der Waals surface area contributed by atoms with Crippen molar-refractivity contribution in [2.75, 3.05) is 40.5 Å². The molecule has 0 N–H and O–H groups in total. The molecule has 0 amide bonds. The molecule has 0 unspecified atom stereocenters. The van der Waals surface area contributed by atoms with Gasteiger partial charge in [-0.25, -0.2) is 0 Å². The molecule has 0 aliphatic carbocycles. The molecule has 0 saturated carbocycles. The van der Waals surface area contributed by atoms with Gasteiger partial charge in [0.25, 0.3) is 0 Å². The van der Waals surface area contributed by atoms with Crippen molar-refractivity contribution in [1.82, 2.24) is 4.90 Å². The Morgan fingerprint density at radius 3 is 1.12 bits per heavy atom. The number of nitrogens with zero attached hydrogens (tertiary/aromatic N) is 1. The van der Waals surface area contributed by atoms with E-state index >= 15 is 0 Å². The van der Waals surface area contributed by atoms with Gasteiger partial charge in [-0.3, -0.25) is 9.59 Å². The molecule has 7 heteroatoms. The topological polar surface area (TPSA) is 82.1 Å². The molecule has 0 rings (SSSR count). The summed E-state index contributed by atoms with van der Waals surface area (Å²) >= 11 is 0. The first-order chi connectivity index (χ1) is 28.7. The third-order valence-electron chi connectivity index (χ3n) is 12.2. The largest absolute Gasteiger partial charge is 0.466 e. The summed E-state index contributed by atoms with van der Waals surface area (Å²) in [5.41, 5.74) is 0. The molecular weight excluding hydrogens is 735 g/mol. The minimum atomic E-state index is 0.00797. The third-order valence-corrected chi connectivity index (χ3v) is 12.2. The highest BCUT2D eigenvalue weighted by Gasteiger charge is 2.15. The Labute approximate surface area is 368 Å². The highest BCUT2D eigenvalue weighted by molar-refractivity contribution is 5.70. The Bertz CT molecular complexity index is 809. The molecule has 0 saturated heterocycles. The van der Waals surface area contributed by atoms with Crippen LogP contribution in [-0.4, -0.2) is 69.7 Å². The van der Waals surface area contributed by atoms with Gasteiger partial charge in [0.2, 0.25) is 0 Å². The van der Waals surface area contributed by atoms with E-state index in [4.69, 9.17) is 14.2 Å². The number of ether oxygens (including phenoxy) is 3. The van der Waals surface area contributed by atoms with Crippen LogP contribution in [0.4, 0.5) is 0 Å². The van der Waals surface area contributed by atoms with Crippen molar-refractivity contribution in [3.05, 3.63) is 0 Å². The van der Waals surface area contributed by atoms with E-state index < -0.39 is 0 Å². The minimum absolute atomic E-state index is 0.00797. The second-order valence-corrected chi connectivity index (χ2v) is 18.2. The Morgan fingerprint density at radius 2 is 0.814 bits per heavy atom. The zero-order valence-corrected chi connectivity index (χ0v) is 40.9. The highest BCUT2D eigenvalue weighted by atomic mass is 16.5. The van der Waals surface area contributed by atoms with E-state index in [2.05, 4.69) is 53.5 Å². The van der Waals surface area contributed by atoms with Crippen molar-refractivity contribution in [2.45, 2.75) is 259 Å². The van der Waals surface area contributed by atoms with Crippen LogP contribution in [0.5, 0.6) is 0 Å². The molecule has 0 aromatic heterocycles. The maximum absolute atomic E-state index is 12.2. The summed E-state index contributed by atoms with van der Waals surface area (Å²) in [4.78, 5) is 38.4. The number of unbranched alkanes of at least 4 members (excludes halogenated alkanes) is 18. The Morgan fingerprint density at radius 1 is 0.475 bits per heavy atom. The molecule has 0 fully saturated rings. The number of rotatable bonds is 44. The monoisotopic (exact) mass is 838 g/mol. The van der Waals surface area contributed by atoms with Crippen LogP contribution in [-0.2, 0) is 28.6 Å². The van der Waals surface area contributed by atoms with E-state index in [1.165, 1.54) is 135 Å². The molecule has 7 nitrogen and oxygen atoms in total. The van der Waals surface area contributed by atoms with Crippen molar-refractivity contribution < 1.29 is 28.6 Å². The first-order valence-electron chi connectivity index (χ1n) is 25.6. The van der Waals surface area contributed by atoms with Crippen LogP contribution in [0.1, 0.15) is 253 Å². The minimum Gasteiger partial charge on any atom is -0.466 e. The number of carbonyl (C=O) groups is 3. The van der Waals surface area contributed by atoms with E-state index in [0.29, 0.717) is 43.9 Å². The van der Waals surface area contributed by atoms with Gasteiger partial charge in [0, 0.05) is 45.1 Å². The molecule has 0 atom stereocenters. The van der Waals surface area contributed by atoms with Crippen molar-refractivity contribution in [3.8, 4) is 0 Å². The normalized spacial score (nSPS) is 11.5. The second-order valence-electron chi connectivity index (χ2n) is 18.2. The number of carbonyl (C=O) groups excluding carboxylic acids is 3. The van der Waals surface area contributed by atoms with Gasteiger partial charge < -0.3 is 23.9 Å². The fraction of sp³-hybridized carbons (Fsp3) is 0.942. The van der Waals surface area contributed by atoms with Gasteiger partial charge in [-0.2, -0.15) is 0 Å². The average molecular weight is 838 g/mol. The summed E-state index contributed by atoms with van der Waals surface area (Å²) in [7, 11) is 3.88. The fourth-order valence-electron chi connectivity index (χ4n) is 7.76. The van der Waals surface area contributed by atoms with Gasteiger partial charge >= 0.3 is 11.9 Å². The summed E-state index contributed by atoms with van der Waals surface area (Å²) in [5.74, 6) is 1.27. The van der Waals surface area contributed by atoms with Crippen molar-refractivity contribution >= 4 is 18.2 Å². The smallest absolute Gasteiger partial charge is 0.306 e. The predicted octanol–water partition coefficient (Wildman–Crippen LogP) is 15.0. The van der Waals surface area contributed by atoms with E-state index in [1.54, 1.807) is 7.11 Å². The SMILES string of the molecule is CCCCC(CCCC)CC(=O)OCCCCCCCCCCC(C=O)CCCCCCCCCCOC(=O)CC(CCCC)CCCC.COCCCN(C)C(C)C. The van der Waals surface area contributed by atoms with E-state index in [0.717, 1.165) is 83.8 Å². The van der Waals surface area contributed by atoms with E-state index in [9.17, 15) is 14.4 Å². The van der Waals surface area contributed by atoms with Crippen LogP contribution in [0.25, 0.3) is 0 Å². The van der Waals surface area contributed by atoms with Crippen LogP contribution in [0.3, 0.4) is 0 Å². The lowest BCUT2D eigenvalue weighted by molar-refractivity contribution is -0.146. The molecule has 0 spiro atoms. The lowest BCUT2D eigenvalue weighted by Gasteiger charge is -2.20. The molecule has 0 aromatic carbocycles. The molecule has 0 radical (unpaired) electrons. The second kappa shape index (κ2) is 47.6. The van der Waals surface area contributed by atoms with E-state index in [-0.39, 0.29) is 17.9 Å². The number of esters is 2.